The number of thiocarbonyl (C=S) groups is 1. The van der Waals surface area contributed by atoms with Crippen molar-refractivity contribution >= 4 is 40.6 Å². The lowest BCUT2D eigenvalue weighted by atomic mass is 9.95. The predicted molar refractivity (Wildman–Crippen MR) is 164 cm³/mol. The third kappa shape index (κ3) is 5.58. The zero-order valence-corrected chi connectivity index (χ0v) is 24.8. The quantitative estimate of drug-likeness (QED) is 0.191. The molecule has 42 heavy (non-hydrogen) atoms. The van der Waals surface area contributed by atoms with Gasteiger partial charge in [-0.2, -0.15) is 0 Å². The molecule has 0 radical (unpaired) electrons. The third-order valence-corrected chi connectivity index (χ3v) is 7.32. The standard InChI is InChI=1S/C32H32N4O5S/c1-32(2,3)30(38)34-22-14-13-19(18-26(22)39-4)36-28(27(35-31(36)42)23-12-8-9-17-33-23)25-16-15-24(41-25)20-10-6-7-11-21(20)29(37)40-5/h6-18,27-28H,1-5H3,(H,34,38)(H,35,42)/t27-,28-/m1/s1. The Morgan fingerprint density at radius 3 is 2.48 bits per heavy atom. The molecule has 10 heteroatoms. The first-order chi connectivity index (χ1) is 20.1. The van der Waals surface area contributed by atoms with Gasteiger partial charge in [0.1, 0.15) is 23.3 Å². The average molecular weight is 585 g/mol. The normalized spacial score (nSPS) is 16.6. The Bertz CT molecular complexity index is 1630. The summed E-state index contributed by atoms with van der Waals surface area (Å²) in [5, 5.41) is 6.83. The Morgan fingerprint density at radius 2 is 1.79 bits per heavy atom. The molecular weight excluding hydrogens is 552 g/mol. The number of pyridine rings is 1. The molecule has 0 bridgehead atoms. The number of nitrogens with one attached hydrogen (secondary N) is 2. The van der Waals surface area contributed by atoms with E-state index in [-0.39, 0.29) is 11.9 Å². The molecule has 0 saturated carbocycles. The van der Waals surface area contributed by atoms with Gasteiger partial charge in [-0.1, -0.05) is 45.0 Å². The molecule has 0 unspecified atom stereocenters. The number of furan rings is 1. The van der Waals surface area contributed by atoms with Gasteiger partial charge < -0.3 is 29.4 Å². The summed E-state index contributed by atoms with van der Waals surface area (Å²) in [7, 11) is 2.90. The summed E-state index contributed by atoms with van der Waals surface area (Å²) in [6.07, 6.45) is 1.73. The Kier molecular flexibility index (Phi) is 8.00. The fourth-order valence-corrected chi connectivity index (χ4v) is 5.15. The van der Waals surface area contributed by atoms with E-state index in [9.17, 15) is 9.59 Å². The van der Waals surface area contributed by atoms with Crippen molar-refractivity contribution in [1.29, 1.82) is 0 Å². The van der Waals surface area contributed by atoms with Crippen molar-refractivity contribution in [3.8, 4) is 17.1 Å². The highest BCUT2D eigenvalue weighted by Crippen LogP contribution is 2.44. The minimum Gasteiger partial charge on any atom is -0.494 e. The van der Waals surface area contributed by atoms with E-state index in [4.69, 9.17) is 26.1 Å². The Balaban J connectivity index is 1.58. The summed E-state index contributed by atoms with van der Waals surface area (Å²) in [6, 6.07) is 21.3. The fraction of sp³-hybridized carbons (Fsp3) is 0.250. The van der Waals surface area contributed by atoms with Crippen molar-refractivity contribution in [1.82, 2.24) is 10.3 Å². The van der Waals surface area contributed by atoms with Crippen molar-refractivity contribution in [3.05, 3.63) is 96.0 Å². The molecule has 1 aliphatic rings. The van der Waals surface area contributed by atoms with Crippen molar-refractivity contribution < 1.29 is 23.5 Å². The van der Waals surface area contributed by atoms with Crippen LogP contribution in [0.15, 0.2) is 83.4 Å². The number of rotatable bonds is 7. The number of hydrogen-bond donors (Lipinski definition) is 2. The number of carbonyl (C=O) groups excluding carboxylic acids is 2. The van der Waals surface area contributed by atoms with Gasteiger partial charge in [-0.3, -0.25) is 9.78 Å². The fourth-order valence-electron chi connectivity index (χ4n) is 4.81. The Hall–Kier alpha value is -4.70. The second kappa shape index (κ2) is 11.7. The molecule has 1 amide bonds. The van der Waals surface area contributed by atoms with Gasteiger partial charge in [-0.25, -0.2) is 4.79 Å². The predicted octanol–water partition coefficient (Wildman–Crippen LogP) is 6.30. The molecule has 2 aromatic heterocycles. The first-order valence-electron chi connectivity index (χ1n) is 13.4. The van der Waals surface area contributed by atoms with Crippen LogP contribution >= 0.6 is 12.2 Å². The van der Waals surface area contributed by atoms with E-state index < -0.39 is 17.4 Å². The van der Waals surface area contributed by atoms with Crippen LogP contribution in [0.25, 0.3) is 11.3 Å². The van der Waals surface area contributed by atoms with Gasteiger partial charge >= 0.3 is 5.97 Å². The van der Waals surface area contributed by atoms with Gasteiger partial charge in [0.05, 0.1) is 37.2 Å². The SMILES string of the molecule is COC(=O)c1ccccc1-c1ccc([C@@H]2[C@@H](c3ccccn3)NC(=S)N2c2ccc(NC(=O)C(C)(C)C)c(OC)c2)o1. The van der Waals surface area contributed by atoms with Crippen LogP contribution in [0.3, 0.4) is 0 Å². The maximum atomic E-state index is 12.7. The molecule has 5 rings (SSSR count). The maximum Gasteiger partial charge on any atom is 0.338 e. The highest BCUT2D eigenvalue weighted by atomic mass is 32.1. The molecule has 1 fully saturated rings. The summed E-state index contributed by atoms with van der Waals surface area (Å²) in [6.45, 7) is 5.54. The minimum atomic E-state index is -0.575. The molecule has 3 heterocycles. The molecule has 0 spiro atoms. The molecule has 0 aliphatic carbocycles. The number of nitrogens with zero attached hydrogens (tertiary/aromatic N) is 2. The molecule has 2 N–H and O–H groups in total. The number of benzene rings is 2. The van der Waals surface area contributed by atoms with E-state index >= 15 is 0 Å². The van der Waals surface area contributed by atoms with Gasteiger partial charge in [0.15, 0.2) is 5.11 Å². The number of hydrogen-bond acceptors (Lipinski definition) is 7. The van der Waals surface area contributed by atoms with Crippen molar-refractivity contribution in [2.24, 2.45) is 5.41 Å². The van der Waals surface area contributed by atoms with Crippen LogP contribution < -0.4 is 20.3 Å². The lowest BCUT2D eigenvalue weighted by Gasteiger charge is -2.27. The van der Waals surface area contributed by atoms with Crippen LogP contribution in [0.4, 0.5) is 11.4 Å². The molecular formula is C32H32N4O5S. The van der Waals surface area contributed by atoms with Gasteiger partial charge in [0, 0.05) is 28.9 Å². The lowest BCUT2D eigenvalue weighted by Crippen LogP contribution is -2.30. The second-order valence-electron chi connectivity index (χ2n) is 10.8. The molecule has 9 nitrogen and oxygen atoms in total. The number of aromatic nitrogens is 1. The van der Waals surface area contributed by atoms with Crippen LogP contribution in [0, 0.1) is 5.41 Å². The molecule has 2 aromatic carbocycles. The third-order valence-electron chi connectivity index (χ3n) is 7.01. The molecule has 1 aliphatic heterocycles. The Morgan fingerprint density at radius 1 is 1.02 bits per heavy atom. The Labute approximate surface area is 249 Å². The van der Waals surface area contributed by atoms with Gasteiger partial charge in [-0.15, -0.1) is 0 Å². The number of anilines is 2. The van der Waals surface area contributed by atoms with Crippen molar-refractivity contribution in [2.75, 3.05) is 24.4 Å². The van der Waals surface area contributed by atoms with E-state index in [0.29, 0.717) is 39.2 Å². The second-order valence-corrected chi connectivity index (χ2v) is 11.2. The monoisotopic (exact) mass is 584 g/mol. The summed E-state index contributed by atoms with van der Waals surface area (Å²) >= 11 is 5.85. The summed E-state index contributed by atoms with van der Waals surface area (Å²) < 4.78 is 17.1. The summed E-state index contributed by atoms with van der Waals surface area (Å²) in [4.78, 5) is 31.7. The smallest absolute Gasteiger partial charge is 0.338 e. The van der Waals surface area contributed by atoms with E-state index in [0.717, 1.165) is 11.4 Å². The number of carbonyl (C=O) groups is 2. The maximum absolute atomic E-state index is 12.7. The number of amides is 1. The van der Waals surface area contributed by atoms with E-state index in [1.165, 1.54) is 7.11 Å². The van der Waals surface area contributed by atoms with Gasteiger partial charge in [0.2, 0.25) is 5.91 Å². The molecule has 216 valence electrons. The molecule has 2 atom stereocenters. The van der Waals surface area contributed by atoms with Crippen molar-refractivity contribution in [3.63, 3.8) is 0 Å². The highest BCUT2D eigenvalue weighted by Gasteiger charge is 2.43. The van der Waals surface area contributed by atoms with Crippen LogP contribution in [0.2, 0.25) is 0 Å². The zero-order chi connectivity index (χ0) is 30.0. The zero-order valence-electron chi connectivity index (χ0n) is 24.0. The number of esters is 1. The summed E-state index contributed by atoms with van der Waals surface area (Å²) in [5.41, 5.74) is 2.50. The highest BCUT2D eigenvalue weighted by molar-refractivity contribution is 7.80. The first kappa shape index (κ1) is 28.8. The van der Waals surface area contributed by atoms with E-state index in [2.05, 4.69) is 15.6 Å². The lowest BCUT2D eigenvalue weighted by molar-refractivity contribution is -0.123. The number of ether oxygens (including phenoxy) is 2. The number of methoxy groups -OCH3 is 2. The van der Waals surface area contributed by atoms with E-state index in [1.807, 2.05) is 80.3 Å². The minimum absolute atomic E-state index is 0.129. The van der Waals surface area contributed by atoms with E-state index in [1.54, 1.807) is 31.5 Å². The van der Waals surface area contributed by atoms with Crippen LogP contribution in [0.1, 0.15) is 54.7 Å². The first-order valence-corrected chi connectivity index (χ1v) is 13.8. The molecule has 4 aromatic rings. The van der Waals surface area contributed by atoms with Crippen LogP contribution in [-0.2, 0) is 9.53 Å². The van der Waals surface area contributed by atoms with Crippen LogP contribution in [-0.4, -0.2) is 36.2 Å². The largest absolute Gasteiger partial charge is 0.494 e. The van der Waals surface area contributed by atoms with Crippen LogP contribution in [0.5, 0.6) is 5.75 Å². The average Bonchev–Trinajstić information content (AvgIpc) is 3.61. The van der Waals surface area contributed by atoms with Crippen molar-refractivity contribution in [2.45, 2.75) is 32.9 Å². The summed E-state index contributed by atoms with van der Waals surface area (Å²) in [5.74, 6) is 1.03. The molecule has 1 saturated heterocycles. The van der Waals surface area contributed by atoms with Gasteiger partial charge in [-0.05, 0) is 54.7 Å². The topological polar surface area (TPSA) is 106 Å². The van der Waals surface area contributed by atoms with Gasteiger partial charge in [0.25, 0.3) is 0 Å².